The van der Waals surface area contributed by atoms with E-state index in [9.17, 15) is 13.2 Å². The summed E-state index contributed by atoms with van der Waals surface area (Å²) in [4.78, 5) is 0. The van der Waals surface area contributed by atoms with Crippen molar-refractivity contribution in [2.45, 2.75) is 32.7 Å². The van der Waals surface area contributed by atoms with Crippen molar-refractivity contribution in [3.63, 3.8) is 0 Å². The van der Waals surface area contributed by atoms with E-state index >= 15 is 0 Å². The molecule has 0 bridgehead atoms. The minimum absolute atomic E-state index is 0.202. The van der Waals surface area contributed by atoms with Crippen LogP contribution in [-0.2, 0) is 0 Å². The van der Waals surface area contributed by atoms with Crippen molar-refractivity contribution in [1.29, 1.82) is 0 Å². The molecule has 0 amide bonds. The lowest BCUT2D eigenvalue weighted by Gasteiger charge is -2.23. The Kier molecular flexibility index (Phi) is 4.98. The molecular formula is C12H17F3N2O. The minimum Gasteiger partial charge on any atom is -0.406 e. The molecule has 102 valence electrons. The van der Waals surface area contributed by atoms with Gasteiger partial charge in [0.15, 0.2) is 0 Å². The molecular weight excluding hydrogens is 245 g/mol. The van der Waals surface area contributed by atoms with Gasteiger partial charge in [0, 0.05) is 6.04 Å². The molecule has 6 heteroatoms. The van der Waals surface area contributed by atoms with E-state index in [1.807, 2.05) is 13.8 Å². The fourth-order valence-corrected chi connectivity index (χ4v) is 1.73. The third-order valence-corrected chi connectivity index (χ3v) is 2.84. The lowest BCUT2D eigenvalue weighted by Crippen LogP contribution is -2.32. The van der Waals surface area contributed by atoms with Gasteiger partial charge in [-0.2, -0.15) is 0 Å². The van der Waals surface area contributed by atoms with E-state index in [0.29, 0.717) is 5.56 Å². The third-order valence-electron chi connectivity index (χ3n) is 2.84. The van der Waals surface area contributed by atoms with Crippen LogP contribution in [0.5, 0.6) is 5.75 Å². The molecule has 0 saturated heterocycles. The second-order valence-electron chi connectivity index (χ2n) is 4.15. The summed E-state index contributed by atoms with van der Waals surface area (Å²) < 4.78 is 40.2. The molecule has 3 N–H and O–H groups in total. The Hall–Kier alpha value is -1.27. The Morgan fingerprint density at radius 1 is 1.39 bits per heavy atom. The molecule has 2 unspecified atom stereocenters. The fraction of sp³-hybridized carbons (Fsp3) is 0.500. The monoisotopic (exact) mass is 262 g/mol. The SMILES string of the molecule is CCC(C)C(NN)c1cccc(OC(F)(F)F)c1. The van der Waals surface area contributed by atoms with Gasteiger partial charge in [-0.1, -0.05) is 32.4 Å². The van der Waals surface area contributed by atoms with Gasteiger partial charge in [0.25, 0.3) is 0 Å². The maximum Gasteiger partial charge on any atom is 0.573 e. The summed E-state index contributed by atoms with van der Waals surface area (Å²) in [5, 5.41) is 0. The smallest absolute Gasteiger partial charge is 0.406 e. The topological polar surface area (TPSA) is 47.3 Å². The van der Waals surface area contributed by atoms with E-state index in [-0.39, 0.29) is 17.7 Å². The van der Waals surface area contributed by atoms with Crippen LogP contribution < -0.4 is 16.0 Å². The van der Waals surface area contributed by atoms with Crippen molar-refractivity contribution in [2.75, 3.05) is 0 Å². The van der Waals surface area contributed by atoms with E-state index in [1.165, 1.54) is 18.2 Å². The molecule has 1 aromatic carbocycles. The summed E-state index contributed by atoms with van der Waals surface area (Å²) in [6.45, 7) is 3.97. The highest BCUT2D eigenvalue weighted by Crippen LogP contribution is 2.29. The van der Waals surface area contributed by atoms with Crippen LogP contribution in [0.15, 0.2) is 24.3 Å². The molecule has 0 saturated carbocycles. The van der Waals surface area contributed by atoms with Gasteiger partial charge in [-0.05, 0) is 23.6 Å². The van der Waals surface area contributed by atoms with Crippen molar-refractivity contribution >= 4 is 0 Å². The normalized spacial score (nSPS) is 15.2. The summed E-state index contributed by atoms with van der Waals surface area (Å²) in [5.74, 6) is 5.42. The predicted molar refractivity (Wildman–Crippen MR) is 62.6 cm³/mol. The van der Waals surface area contributed by atoms with E-state index in [2.05, 4.69) is 10.2 Å². The van der Waals surface area contributed by atoms with Gasteiger partial charge in [-0.3, -0.25) is 11.3 Å². The van der Waals surface area contributed by atoms with Gasteiger partial charge in [0.05, 0.1) is 0 Å². The van der Waals surface area contributed by atoms with Crippen molar-refractivity contribution < 1.29 is 17.9 Å². The number of rotatable bonds is 5. The average molecular weight is 262 g/mol. The van der Waals surface area contributed by atoms with E-state index in [4.69, 9.17) is 5.84 Å². The number of benzene rings is 1. The van der Waals surface area contributed by atoms with Gasteiger partial charge >= 0.3 is 6.36 Å². The van der Waals surface area contributed by atoms with Crippen LogP contribution in [-0.4, -0.2) is 6.36 Å². The second-order valence-corrected chi connectivity index (χ2v) is 4.15. The Balaban J connectivity index is 2.93. The first-order valence-corrected chi connectivity index (χ1v) is 5.69. The van der Waals surface area contributed by atoms with Gasteiger partial charge in [0.2, 0.25) is 0 Å². The number of hydrogen-bond donors (Lipinski definition) is 2. The van der Waals surface area contributed by atoms with E-state index < -0.39 is 6.36 Å². The Morgan fingerprint density at radius 2 is 2.06 bits per heavy atom. The predicted octanol–water partition coefficient (Wildman–Crippen LogP) is 3.14. The van der Waals surface area contributed by atoms with E-state index in [0.717, 1.165) is 6.42 Å². The first-order valence-electron chi connectivity index (χ1n) is 5.69. The molecule has 0 aliphatic heterocycles. The molecule has 1 aromatic rings. The zero-order valence-electron chi connectivity index (χ0n) is 10.3. The molecule has 0 spiro atoms. The molecule has 3 nitrogen and oxygen atoms in total. The number of hydrogen-bond acceptors (Lipinski definition) is 3. The molecule has 0 fully saturated rings. The zero-order valence-corrected chi connectivity index (χ0v) is 10.3. The first kappa shape index (κ1) is 14.8. The maximum absolute atomic E-state index is 12.1. The van der Waals surface area contributed by atoms with Crippen molar-refractivity contribution in [2.24, 2.45) is 11.8 Å². The Morgan fingerprint density at radius 3 is 2.56 bits per heavy atom. The summed E-state index contributed by atoms with van der Waals surface area (Å²) >= 11 is 0. The average Bonchev–Trinajstić information content (AvgIpc) is 2.28. The van der Waals surface area contributed by atoms with Crippen LogP contribution in [0.2, 0.25) is 0 Å². The lowest BCUT2D eigenvalue weighted by atomic mass is 9.93. The van der Waals surface area contributed by atoms with Crippen LogP contribution in [0.1, 0.15) is 31.9 Å². The summed E-state index contributed by atoms with van der Waals surface area (Å²) in [5.41, 5.74) is 3.30. The first-order chi connectivity index (χ1) is 8.37. The minimum atomic E-state index is -4.68. The zero-order chi connectivity index (χ0) is 13.8. The van der Waals surface area contributed by atoms with Crippen LogP contribution in [0.25, 0.3) is 0 Å². The highest BCUT2D eigenvalue weighted by Gasteiger charge is 2.31. The number of nitrogens with one attached hydrogen (secondary N) is 1. The van der Waals surface area contributed by atoms with Crippen LogP contribution in [0, 0.1) is 5.92 Å². The summed E-state index contributed by atoms with van der Waals surface area (Å²) in [6, 6.07) is 5.65. The largest absolute Gasteiger partial charge is 0.573 e. The molecule has 0 heterocycles. The van der Waals surface area contributed by atoms with Crippen LogP contribution >= 0.6 is 0 Å². The standard InChI is InChI=1S/C12H17F3N2O/c1-3-8(2)11(17-16)9-5-4-6-10(7-9)18-12(13,14)15/h4-8,11,17H,3,16H2,1-2H3. The van der Waals surface area contributed by atoms with Crippen LogP contribution in [0.3, 0.4) is 0 Å². The van der Waals surface area contributed by atoms with Gasteiger partial charge in [-0.25, -0.2) is 0 Å². The quantitative estimate of drug-likeness (QED) is 0.633. The highest BCUT2D eigenvalue weighted by molar-refractivity contribution is 5.31. The molecule has 2 atom stereocenters. The van der Waals surface area contributed by atoms with Crippen LogP contribution in [0.4, 0.5) is 13.2 Å². The number of alkyl halides is 3. The highest BCUT2D eigenvalue weighted by atomic mass is 19.4. The van der Waals surface area contributed by atoms with Gasteiger partial charge in [-0.15, -0.1) is 13.2 Å². The molecule has 18 heavy (non-hydrogen) atoms. The van der Waals surface area contributed by atoms with Gasteiger partial charge < -0.3 is 4.74 Å². The van der Waals surface area contributed by atoms with Crippen molar-refractivity contribution in [1.82, 2.24) is 5.43 Å². The maximum atomic E-state index is 12.1. The fourth-order valence-electron chi connectivity index (χ4n) is 1.73. The Labute approximate surface area is 104 Å². The Bertz CT molecular complexity index is 382. The molecule has 0 aromatic heterocycles. The van der Waals surface area contributed by atoms with Crippen molar-refractivity contribution in [3.8, 4) is 5.75 Å². The summed E-state index contributed by atoms with van der Waals surface area (Å²) in [6.07, 6.45) is -3.82. The molecule has 0 aliphatic carbocycles. The molecule has 1 rings (SSSR count). The van der Waals surface area contributed by atoms with Crippen molar-refractivity contribution in [3.05, 3.63) is 29.8 Å². The molecule has 0 aliphatic rings. The van der Waals surface area contributed by atoms with Gasteiger partial charge in [0.1, 0.15) is 5.75 Å². The molecule has 0 radical (unpaired) electrons. The second kappa shape index (κ2) is 6.06. The van der Waals surface area contributed by atoms with E-state index in [1.54, 1.807) is 6.07 Å². The number of nitrogens with two attached hydrogens (primary N) is 1. The number of hydrazine groups is 1. The third kappa shape index (κ3) is 4.19. The number of ether oxygens (including phenoxy) is 1. The lowest BCUT2D eigenvalue weighted by molar-refractivity contribution is -0.274. The number of halogens is 3. The summed E-state index contributed by atoms with van der Waals surface area (Å²) in [7, 11) is 0.